The minimum absolute atomic E-state index is 0.844. The molecular weight excluding hydrogens is 377 g/mol. The molecule has 3 rings (SSSR count). The topological polar surface area (TPSA) is 26.8 Å². The predicted molar refractivity (Wildman–Crippen MR) is 129 cm³/mol. The van der Waals surface area contributed by atoms with Crippen molar-refractivity contribution in [1.29, 1.82) is 0 Å². The largest absolute Gasteiger partial charge is 0.378 e. The zero-order valence-corrected chi connectivity index (χ0v) is 19.0. The molecule has 0 unspecified atom stereocenters. The molecule has 0 amide bonds. The van der Waals surface area contributed by atoms with Crippen LogP contribution in [0.5, 0.6) is 0 Å². The number of hydrogen-bond donors (Lipinski definition) is 0. The lowest BCUT2D eigenvalue weighted by atomic mass is 10.3. The highest BCUT2D eigenvalue weighted by atomic mass is 31.2. The molecule has 0 bridgehead atoms. The molecule has 3 aromatic carbocycles. The van der Waals surface area contributed by atoms with Crippen molar-refractivity contribution in [2.75, 3.05) is 57.0 Å². The van der Waals surface area contributed by atoms with E-state index in [0.29, 0.717) is 0 Å². The summed E-state index contributed by atoms with van der Waals surface area (Å²) < 4.78 is 14.7. The van der Waals surface area contributed by atoms with E-state index in [4.69, 9.17) is 0 Å². The lowest BCUT2D eigenvalue weighted by Crippen LogP contribution is -2.26. The molecule has 0 fully saturated rings. The highest BCUT2D eigenvalue weighted by molar-refractivity contribution is 7.85. The van der Waals surface area contributed by atoms with Crippen LogP contribution in [-0.4, -0.2) is 42.3 Å². The molecule has 0 saturated carbocycles. The van der Waals surface area contributed by atoms with Crippen LogP contribution in [0.3, 0.4) is 0 Å². The molecule has 0 radical (unpaired) electrons. The molecule has 0 aliphatic heterocycles. The van der Waals surface area contributed by atoms with Crippen LogP contribution in [0.25, 0.3) is 0 Å². The Labute approximate surface area is 174 Å². The first kappa shape index (κ1) is 21.0. The Balaban J connectivity index is 2.20. The molecule has 0 aliphatic carbocycles. The Bertz CT molecular complexity index is 954. The maximum absolute atomic E-state index is 14.7. The molecule has 0 N–H and O–H groups in total. The van der Waals surface area contributed by atoms with Gasteiger partial charge < -0.3 is 19.3 Å². The van der Waals surface area contributed by atoms with Gasteiger partial charge in [0.25, 0.3) is 0 Å². The highest BCUT2D eigenvalue weighted by Crippen LogP contribution is 2.43. The van der Waals surface area contributed by atoms with E-state index < -0.39 is 7.14 Å². The molecule has 0 heterocycles. The van der Waals surface area contributed by atoms with E-state index >= 15 is 0 Å². The van der Waals surface area contributed by atoms with Crippen LogP contribution in [0.15, 0.2) is 72.8 Å². The first-order valence-corrected chi connectivity index (χ1v) is 11.4. The van der Waals surface area contributed by atoms with Gasteiger partial charge in [-0.25, -0.2) is 0 Å². The molecule has 0 aliphatic rings. The summed E-state index contributed by atoms with van der Waals surface area (Å²) in [5, 5.41) is 2.53. The van der Waals surface area contributed by atoms with Crippen LogP contribution in [0, 0.1) is 0 Å². The fraction of sp³-hybridized carbons (Fsp3) is 0.250. The van der Waals surface area contributed by atoms with E-state index in [1.54, 1.807) is 0 Å². The van der Waals surface area contributed by atoms with E-state index in [1.807, 2.05) is 130 Å². The van der Waals surface area contributed by atoms with Crippen molar-refractivity contribution < 1.29 is 4.57 Å². The molecule has 152 valence electrons. The van der Waals surface area contributed by atoms with Gasteiger partial charge in [-0.15, -0.1) is 0 Å². The molecule has 3 aromatic rings. The minimum Gasteiger partial charge on any atom is -0.378 e. The molecule has 0 spiro atoms. The summed E-state index contributed by atoms with van der Waals surface area (Å²) in [6, 6.07) is 24.2. The molecule has 0 atom stereocenters. The van der Waals surface area contributed by atoms with Crippen molar-refractivity contribution in [3.63, 3.8) is 0 Å². The van der Waals surface area contributed by atoms with Crippen molar-refractivity contribution in [1.82, 2.24) is 0 Å². The summed E-state index contributed by atoms with van der Waals surface area (Å²) in [7, 11) is 9.03. The van der Waals surface area contributed by atoms with Gasteiger partial charge in [0, 0.05) is 75.3 Å². The molecule has 0 aromatic heterocycles. The van der Waals surface area contributed by atoms with Crippen LogP contribution in [-0.2, 0) is 4.57 Å². The average molecular weight is 407 g/mol. The summed E-state index contributed by atoms with van der Waals surface area (Å²) in [5.41, 5.74) is 3.22. The quantitative estimate of drug-likeness (QED) is 0.584. The van der Waals surface area contributed by atoms with Gasteiger partial charge in [0.1, 0.15) is 0 Å². The van der Waals surface area contributed by atoms with E-state index in [9.17, 15) is 4.57 Å². The van der Waals surface area contributed by atoms with Crippen molar-refractivity contribution in [2.24, 2.45) is 0 Å². The SMILES string of the molecule is CN(C)c1ccc(P(=O)(c2ccc(N(C)C)cc2)c2cccc(N(C)C)c2)cc1. The summed E-state index contributed by atoms with van der Waals surface area (Å²) in [4.78, 5) is 6.14. The van der Waals surface area contributed by atoms with E-state index in [1.165, 1.54) is 0 Å². The van der Waals surface area contributed by atoms with Crippen molar-refractivity contribution in [3.8, 4) is 0 Å². The number of benzene rings is 3. The molecule has 29 heavy (non-hydrogen) atoms. The minimum atomic E-state index is -3.01. The van der Waals surface area contributed by atoms with E-state index in [0.717, 1.165) is 33.0 Å². The van der Waals surface area contributed by atoms with Crippen LogP contribution >= 0.6 is 7.14 Å². The Morgan fingerprint density at radius 2 is 0.931 bits per heavy atom. The van der Waals surface area contributed by atoms with Crippen molar-refractivity contribution in [2.45, 2.75) is 0 Å². The summed E-state index contributed by atoms with van der Waals surface area (Å²) >= 11 is 0. The van der Waals surface area contributed by atoms with Gasteiger partial charge in [-0.2, -0.15) is 0 Å². The number of hydrogen-bond acceptors (Lipinski definition) is 4. The average Bonchev–Trinajstić information content (AvgIpc) is 2.73. The third-order valence-electron chi connectivity index (χ3n) is 5.17. The second-order valence-electron chi connectivity index (χ2n) is 7.85. The number of nitrogens with zero attached hydrogens (tertiary/aromatic N) is 3. The highest BCUT2D eigenvalue weighted by Gasteiger charge is 2.30. The van der Waals surface area contributed by atoms with Gasteiger partial charge in [0.05, 0.1) is 0 Å². The molecule has 4 nitrogen and oxygen atoms in total. The Kier molecular flexibility index (Phi) is 6.04. The zero-order valence-electron chi connectivity index (χ0n) is 18.1. The lowest BCUT2D eigenvalue weighted by molar-refractivity contribution is 0.592. The van der Waals surface area contributed by atoms with Gasteiger partial charge in [-0.1, -0.05) is 12.1 Å². The van der Waals surface area contributed by atoms with Crippen molar-refractivity contribution >= 4 is 40.1 Å². The van der Waals surface area contributed by atoms with Gasteiger partial charge in [0.2, 0.25) is 0 Å². The fourth-order valence-corrected chi connectivity index (χ4v) is 5.98. The predicted octanol–water partition coefficient (Wildman–Crippen LogP) is 3.52. The Morgan fingerprint density at radius 1 is 0.517 bits per heavy atom. The Hall–Kier alpha value is -2.71. The summed E-state index contributed by atoms with van der Waals surface area (Å²) in [6.07, 6.45) is 0. The first-order chi connectivity index (χ1) is 13.7. The van der Waals surface area contributed by atoms with E-state index in [-0.39, 0.29) is 0 Å². The normalized spacial score (nSPS) is 11.2. The third kappa shape index (κ3) is 4.18. The molecule has 0 saturated heterocycles. The van der Waals surface area contributed by atoms with E-state index in [2.05, 4.69) is 0 Å². The maximum Gasteiger partial charge on any atom is 0.171 e. The molecular formula is C24H30N3OP. The zero-order chi connectivity index (χ0) is 21.2. The summed E-state index contributed by atoms with van der Waals surface area (Å²) in [5.74, 6) is 0. The van der Waals surface area contributed by atoms with Crippen LogP contribution in [0.2, 0.25) is 0 Å². The fourth-order valence-electron chi connectivity index (χ4n) is 3.34. The van der Waals surface area contributed by atoms with Gasteiger partial charge in [-0.3, -0.25) is 0 Å². The van der Waals surface area contributed by atoms with Gasteiger partial charge >= 0.3 is 0 Å². The number of rotatable bonds is 6. The van der Waals surface area contributed by atoms with Gasteiger partial charge in [0.15, 0.2) is 7.14 Å². The monoisotopic (exact) mass is 407 g/mol. The van der Waals surface area contributed by atoms with Crippen molar-refractivity contribution in [3.05, 3.63) is 72.8 Å². The first-order valence-electron chi connectivity index (χ1n) is 9.67. The third-order valence-corrected chi connectivity index (χ3v) is 8.23. The Morgan fingerprint density at radius 3 is 1.31 bits per heavy atom. The lowest BCUT2D eigenvalue weighted by Gasteiger charge is -2.23. The molecule has 5 heteroatoms. The standard InChI is InChI=1S/C24H30N3OP/c1-25(2)19-10-14-22(15-11-19)29(28,23-16-12-20(13-17-23)26(3)4)24-9-7-8-21(18-24)27(5)6/h7-18H,1-6H3. The van der Waals surface area contributed by atoms with Crippen LogP contribution < -0.4 is 30.6 Å². The van der Waals surface area contributed by atoms with Crippen LogP contribution in [0.4, 0.5) is 17.1 Å². The van der Waals surface area contributed by atoms with Crippen LogP contribution in [0.1, 0.15) is 0 Å². The number of anilines is 3. The van der Waals surface area contributed by atoms with Gasteiger partial charge in [-0.05, 0) is 60.7 Å². The second-order valence-corrected chi connectivity index (χ2v) is 10.6. The second kappa shape index (κ2) is 8.34. The smallest absolute Gasteiger partial charge is 0.171 e. The summed E-state index contributed by atoms with van der Waals surface area (Å²) in [6.45, 7) is 0. The maximum atomic E-state index is 14.7.